The minimum Gasteiger partial charge on any atom is -0.394 e. The van der Waals surface area contributed by atoms with Crippen molar-refractivity contribution in [1.82, 2.24) is 106 Å². The van der Waals surface area contributed by atoms with Crippen LogP contribution in [0.5, 0.6) is 0 Å². The number of likely N-dealkylation sites (N-methyl/N-ethyl adjacent to an activating group) is 1. The van der Waals surface area contributed by atoms with E-state index in [2.05, 4.69) is 95.7 Å². The van der Waals surface area contributed by atoms with E-state index >= 15 is 0 Å². The van der Waals surface area contributed by atoms with Gasteiger partial charge in [-0.05, 0) is 200 Å². The van der Waals surface area contributed by atoms with E-state index in [1.807, 2.05) is 0 Å². The molecule has 1 aromatic rings. The van der Waals surface area contributed by atoms with Crippen LogP contribution in [0.15, 0.2) is 30.3 Å². The molecule has 774 valence electrons. The predicted molar refractivity (Wildman–Crippen MR) is 504 cm³/mol. The average molecular weight is 1950 g/mol. The Morgan fingerprint density at radius 2 is 0.768 bits per heavy atom. The fourth-order valence-electron chi connectivity index (χ4n) is 13.6. The zero-order valence-electron chi connectivity index (χ0n) is 84.6. The molecule has 1 fully saturated rings. The van der Waals surface area contributed by atoms with Crippen molar-refractivity contribution in [3.63, 3.8) is 0 Å². The van der Waals surface area contributed by atoms with E-state index in [0.29, 0.717) is 6.42 Å². The van der Waals surface area contributed by atoms with Crippen molar-refractivity contribution < 1.29 is 115 Å². The molecule has 0 aliphatic carbocycles. The number of aliphatic hydroxyl groups excluding tert-OH is 1. The number of carbonyl (C=O) groups is 23. The molecule has 0 spiro atoms. The van der Waals surface area contributed by atoms with E-state index < -0.39 is 297 Å². The number of primary amides is 3. The fourth-order valence-corrected chi connectivity index (χ4v) is 13.6. The van der Waals surface area contributed by atoms with Crippen LogP contribution in [0.4, 0.5) is 0 Å². The Balaban J connectivity index is 2.18. The number of amides is 23. The van der Waals surface area contributed by atoms with Crippen LogP contribution in [0.2, 0.25) is 0 Å². The number of nitrogens with zero attached hydrogens (tertiary/aromatic N) is 2. The van der Waals surface area contributed by atoms with Gasteiger partial charge in [-0.15, -0.1) is 0 Å². The first-order chi connectivity index (χ1) is 63.1. The van der Waals surface area contributed by atoms with Crippen molar-refractivity contribution in [2.75, 3.05) is 26.7 Å². The van der Waals surface area contributed by atoms with Crippen molar-refractivity contribution in [2.24, 2.45) is 35.0 Å². The molecule has 0 saturated carbocycles. The fraction of sp³-hybridized carbons (Fsp3) is 0.681. The zero-order valence-corrected chi connectivity index (χ0v) is 84.6. The first-order valence-corrected chi connectivity index (χ1v) is 45.8. The van der Waals surface area contributed by atoms with Crippen LogP contribution in [0, 0.1) is 17.8 Å². The monoisotopic (exact) mass is 1950 g/mol. The second-order valence-electron chi connectivity index (χ2n) is 40.2. The van der Waals surface area contributed by atoms with Crippen molar-refractivity contribution in [3.8, 4) is 0 Å². The average Bonchev–Trinajstić information content (AvgIpc) is 1.59. The number of carbonyl (C=O) groups excluding carboxylic acids is 23. The normalized spacial score (nSPS) is 15.3. The summed E-state index contributed by atoms with van der Waals surface area (Å²) >= 11 is 0. The topological polar surface area (TPSA) is 714 Å². The van der Waals surface area contributed by atoms with Gasteiger partial charge in [-0.1, -0.05) is 71.9 Å². The van der Waals surface area contributed by atoms with Gasteiger partial charge in [0.1, 0.15) is 105 Å². The molecule has 1 heterocycles. The van der Waals surface area contributed by atoms with Crippen LogP contribution < -0.4 is 113 Å². The third kappa shape index (κ3) is 37.8. The third-order valence-electron chi connectivity index (χ3n) is 23.0. The Morgan fingerprint density at radius 3 is 1.20 bits per heavy atom. The second-order valence-corrected chi connectivity index (χ2v) is 40.2. The molecule has 138 heavy (non-hydrogen) atoms. The maximum absolute atomic E-state index is 14.6. The molecular weight excluding hydrogens is 1800 g/mol. The van der Waals surface area contributed by atoms with Crippen LogP contribution in [-0.2, 0) is 117 Å². The first-order valence-electron chi connectivity index (χ1n) is 45.8. The molecule has 1 aromatic carbocycles. The van der Waals surface area contributed by atoms with Gasteiger partial charge in [0.05, 0.1) is 19.2 Å². The predicted octanol–water partition coefficient (Wildman–Crippen LogP) is -5.09. The lowest BCUT2D eigenvalue weighted by molar-refractivity contribution is -0.146. The van der Waals surface area contributed by atoms with E-state index in [1.165, 1.54) is 155 Å². The lowest BCUT2D eigenvalue weighted by Crippen LogP contribution is -2.66. The SMILES string of the molecule is CC(=O)N(C)C(C)(C)C(=O)N[C@@H](C)C(=O)N[C@@H](C)C(=O)N[C@@H](C)C(=O)NC(C)(C)C(=O)NC(C)(C)C(=O)N[C@@H](CCC(N)=O)C(=O)NC(C)(C)C(=O)N[C@H](C(=O)NC(C)(C)C(=O)NCC(=O)N[C@@H](CC(C)C)C(=O)NC(C)(C)C(=O)N1CCC[C@H]1C(=O)N[C@H](C(=O)NC(C)(C)C(=O)NC(C)(C)C(=O)N[C@@H](CCC(N)=O)C(=O)N[C@@H](CCC(N)=O)C(=O)N[C@H](CO)Cc1ccccc1)C(C)C)C(C)C. The molecule has 1 aliphatic heterocycles. The van der Waals surface area contributed by atoms with Crippen LogP contribution in [-0.4, -0.2) is 288 Å². The minimum atomic E-state index is -1.92. The quantitative estimate of drug-likeness (QED) is 0.0290. The van der Waals surface area contributed by atoms with Gasteiger partial charge in [-0.2, -0.15) is 0 Å². The number of hydrogen-bond donors (Lipinski definition) is 22. The van der Waals surface area contributed by atoms with E-state index in [-0.39, 0.29) is 44.6 Å². The summed E-state index contributed by atoms with van der Waals surface area (Å²) < 4.78 is 0. The van der Waals surface area contributed by atoms with Crippen LogP contribution >= 0.6 is 0 Å². The van der Waals surface area contributed by atoms with E-state index in [1.54, 1.807) is 71.9 Å². The Labute approximate surface area is 805 Å². The zero-order chi connectivity index (χ0) is 107. The van der Waals surface area contributed by atoms with Crippen molar-refractivity contribution in [2.45, 2.75) is 355 Å². The maximum atomic E-state index is 14.6. The summed E-state index contributed by atoms with van der Waals surface area (Å²) in [4.78, 5) is 314. The summed E-state index contributed by atoms with van der Waals surface area (Å²) in [6.45, 7) is 34.8. The number of benzene rings is 1. The van der Waals surface area contributed by atoms with Gasteiger partial charge in [-0.25, -0.2) is 0 Å². The van der Waals surface area contributed by atoms with Crippen molar-refractivity contribution in [3.05, 3.63) is 35.9 Å². The number of nitrogens with two attached hydrogens (primary N) is 3. The van der Waals surface area contributed by atoms with E-state index in [4.69, 9.17) is 17.2 Å². The number of likely N-dealkylation sites (tertiary alicyclic amines) is 1. The van der Waals surface area contributed by atoms with E-state index in [9.17, 15) is 115 Å². The molecule has 0 unspecified atom stereocenters. The Bertz CT molecular complexity index is 4640. The molecule has 47 heteroatoms. The summed E-state index contributed by atoms with van der Waals surface area (Å²) in [7, 11) is 1.42. The molecule has 1 saturated heterocycles. The molecule has 11 atom stereocenters. The van der Waals surface area contributed by atoms with Gasteiger partial charge in [0.15, 0.2) is 0 Å². The summed E-state index contributed by atoms with van der Waals surface area (Å²) in [5, 5.41) is 55.7. The van der Waals surface area contributed by atoms with Gasteiger partial charge >= 0.3 is 0 Å². The molecule has 0 aromatic heterocycles. The maximum Gasteiger partial charge on any atom is 0.248 e. The Hall–Kier alpha value is -13.0. The van der Waals surface area contributed by atoms with Gasteiger partial charge < -0.3 is 128 Å². The largest absolute Gasteiger partial charge is 0.394 e. The van der Waals surface area contributed by atoms with Crippen molar-refractivity contribution >= 4 is 136 Å². The summed E-state index contributed by atoms with van der Waals surface area (Å²) in [5.41, 5.74) is 2.74. The summed E-state index contributed by atoms with van der Waals surface area (Å²) in [6, 6.07) is -5.64. The molecule has 0 bridgehead atoms. The standard InChI is InChI=1S/C91H151N23O24/c1-46(2)42-58(72(127)108-90(23,24)83(138)114-41-31-34-59(114)73(128)104-64(47(3)4)74(129)110-89(21,22)81(136)112-86(15,16)77(132)102-56(36-39-61(93)118)70(125)101-55(35-38-60(92)117)69(124)99-54(45-115)43-53-32-29-28-30-33-53)100-63(120)44-95-76(131)84(11,12)109-75(130)65(48(5)6)105-79(134)85(13,14)107-71(126)57(37-40-62(94)119)103-78(133)87(17,18)111-80(135)88(19,20)106-68(123)51(9)97-66(121)49(7)96-67(122)50(8)98-82(137)91(25,26)113(27)52(10)116/h28-30,32-33,46-51,54-59,64-65,115H,31,34-45H2,1-27H3,(H2,92,117)(H2,93,118)(H2,94,119)(H,95,131)(H,96,122)(H,97,121)(H,98,137)(H,99,124)(H,100,120)(H,101,125)(H,102,132)(H,103,133)(H,104,128)(H,105,134)(H,106,123)(H,107,126)(H,108,127)(H,109,130)(H,110,129)(H,111,135)(H,112,136)/t49-,50-,51-,54-,55-,56-,57-,58-,59-,64-,65-/m0/s1. The summed E-state index contributed by atoms with van der Waals surface area (Å²) in [6.07, 6.45) is -1.80. The third-order valence-corrected chi connectivity index (χ3v) is 23.0. The molecule has 25 N–H and O–H groups in total. The van der Waals surface area contributed by atoms with Gasteiger partial charge in [0.25, 0.3) is 0 Å². The second kappa shape index (κ2) is 51.4. The smallest absolute Gasteiger partial charge is 0.248 e. The first kappa shape index (κ1) is 121. The molecular formula is C91H151N23O24. The van der Waals surface area contributed by atoms with Gasteiger partial charge in [0.2, 0.25) is 136 Å². The molecule has 0 radical (unpaired) electrons. The molecule has 1 aliphatic rings. The molecule has 2 rings (SSSR count). The number of nitrogens with one attached hydrogen (secondary N) is 18. The number of aliphatic hydroxyl groups is 1. The Morgan fingerprint density at radius 1 is 0.399 bits per heavy atom. The van der Waals surface area contributed by atoms with Crippen LogP contribution in [0.25, 0.3) is 0 Å². The van der Waals surface area contributed by atoms with Crippen molar-refractivity contribution in [1.29, 1.82) is 0 Å². The highest BCUT2D eigenvalue weighted by molar-refractivity contribution is 6.05. The van der Waals surface area contributed by atoms with E-state index in [0.717, 1.165) is 5.56 Å². The highest BCUT2D eigenvalue weighted by Gasteiger charge is 2.48. The van der Waals surface area contributed by atoms with Gasteiger partial charge in [-0.3, -0.25) is 110 Å². The van der Waals surface area contributed by atoms with Crippen LogP contribution in [0.1, 0.15) is 243 Å². The number of hydrogen-bond acceptors (Lipinski definition) is 24. The summed E-state index contributed by atoms with van der Waals surface area (Å²) in [5.74, 6) is -21.3. The number of rotatable bonds is 54. The molecule has 47 nitrogen and oxygen atoms in total. The minimum absolute atomic E-state index is 0.00581. The van der Waals surface area contributed by atoms with Crippen LogP contribution in [0.3, 0.4) is 0 Å². The highest BCUT2D eigenvalue weighted by Crippen LogP contribution is 2.25. The lowest BCUT2D eigenvalue weighted by atomic mass is 9.96. The lowest BCUT2D eigenvalue weighted by Gasteiger charge is -2.36. The Kier molecular flexibility index (Phi) is 45.1. The molecule has 23 amide bonds. The highest BCUT2D eigenvalue weighted by atomic mass is 16.3. The van der Waals surface area contributed by atoms with Gasteiger partial charge in [0, 0.05) is 39.8 Å².